The van der Waals surface area contributed by atoms with E-state index in [4.69, 9.17) is 0 Å². The zero-order chi connectivity index (χ0) is 8.67. The van der Waals surface area contributed by atoms with Crippen molar-refractivity contribution in [1.29, 1.82) is 0 Å². The van der Waals surface area contributed by atoms with Crippen molar-refractivity contribution < 1.29 is 0 Å². The molecule has 1 saturated heterocycles. The second-order valence-electron chi connectivity index (χ2n) is 4.24. The predicted molar refractivity (Wildman–Crippen MR) is 51.7 cm³/mol. The molecular weight excluding hydrogens is 160 g/mol. The largest absolute Gasteiger partial charge is 0.316 e. The summed E-state index contributed by atoms with van der Waals surface area (Å²) in [6, 6.07) is 2.19. The Balaban J connectivity index is 2.06. The van der Waals surface area contributed by atoms with E-state index in [1.54, 1.807) is 0 Å². The van der Waals surface area contributed by atoms with Gasteiger partial charge in [0.2, 0.25) is 0 Å². The monoisotopic (exact) mass is 174 g/mol. The van der Waals surface area contributed by atoms with Gasteiger partial charge in [-0.1, -0.05) is 0 Å². The molecule has 1 N–H and O–H groups in total. The first kappa shape index (κ1) is 7.51. The number of hydrogen-bond donors (Lipinski definition) is 1. The highest BCUT2D eigenvalue weighted by Gasteiger charge is 2.29. The van der Waals surface area contributed by atoms with Crippen LogP contribution in [0.2, 0.25) is 0 Å². The maximum atomic E-state index is 4.22. The van der Waals surface area contributed by atoms with Crippen LogP contribution < -0.4 is 5.32 Å². The number of rotatable bonds is 0. The van der Waals surface area contributed by atoms with Crippen LogP contribution >= 0.6 is 0 Å². The first-order valence-corrected chi connectivity index (χ1v) is 5.07. The lowest BCUT2D eigenvalue weighted by Gasteiger charge is -2.36. The van der Waals surface area contributed by atoms with Crippen LogP contribution in [-0.4, -0.2) is 18.1 Å². The van der Waals surface area contributed by atoms with Crippen LogP contribution in [-0.2, 0) is 6.42 Å². The summed E-state index contributed by atoms with van der Waals surface area (Å²) in [6.45, 7) is 2.35. The Labute approximate surface area is 78.4 Å². The van der Waals surface area contributed by atoms with Gasteiger partial charge in [-0.25, -0.2) is 0 Å². The molecule has 68 valence electrons. The summed E-state index contributed by atoms with van der Waals surface area (Å²) in [6.07, 6.45) is 6.60. The predicted octanol–water partition coefficient (Wildman–Crippen LogP) is 1.33. The van der Waals surface area contributed by atoms with E-state index < -0.39 is 0 Å². The lowest BCUT2D eigenvalue weighted by atomic mass is 9.75. The Bertz CT molecular complexity index is 322. The Morgan fingerprint density at radius 1 is 1.38 bits per heavy atom. The maximum Gasteiger partial charge on any atom is 0.0305 e. The summed E-state index contributed by atoms with van der Waals surface area (Å²) in [4.78, 5) is 4.22. The topological polar surface area (TPSA) is 24.9 Å². The lowest BCUT2D eigenvalue weighted by molar-refractivity contribution is 0.317. The SMILES string of the molecule is c1cc2c(cn1)C1CNCC(C2)C1. The Hall–Kier alpha value is -0.890. The highest BCUT2D eigenvalue weighted by atomic mass is 14.9. The van der Waals surface area contributed by atoms with Crippen molar-refractivity contribution in [2.24, 2.45) is 5.92 Å². The van der Waals surface area contributed by atoms with Crippen molar-refractivity contribution in [3.63, 3.8) is 0 Å². The highest BCUT2D eigenvalue weighted by Crippen LogP contribution is 2.35. The molecule has 13 heavy (non-hydrogen) atoms. The quantitative estimate of drug-likeness (QED) is 0.642. The molecule has 0 amide bonds. The van der Waals surface area contributed by atoms with Gasteiger partial charge in [0.1, 0.15) is 0 Å². The van der Waals surface area contributed by atoms with Gasteiger partial charge in [0.25, 0.3) is 0 Å². The molecule has 0 radical (unpaired) electrons. The number of fused-ring (bicyclic) bond motifs is 4. The van der Waals surface area contributed by atoms with E-state index in [-0.39, 0.29) is 0 Å². The zero-order valence-corrected chi connectivity index (χ0v) is 7.66. The van der Waals surface area contributed by atoms with Crippen molar-refractivity contribution in [3.8, 4) is 0 Å². The van der Waals surface area contributed by atoms with Gasteiger partial charge in [0.15, 0.2) is 0 Å². The molecule has 1 fully saturated rings. The average molecular weight is 174 g/mol. The molecular formula is C11H14N2. The number of nitrogens with zero attached hydrogens (tertiary/aromatic N) is 1. The highest BCUT2D eigenvalue weighted by molar-refractivity contribution is 5.31. The van der Waals surface area contributed by atoms with Crippen LogP contribution in [0.1, 0.15) is 23.5 Å². The van der Waals surface area contributed by atoms with Crippen LogP contribution in [0.3, 0.4) is 0 Å². The minimum absolute atomic E-state index is 0.733. The van der Waals surface area contributed by atoms with E-state index >= 15 is 0 Å². The number of hydrogen-bond acceptors (Lipinski definition) is 2. The molecule has 3 rings (SSSR count). The van der Waals surface area contributed by atoms with Crippen LogP contribution in [0.15, 0.2) is 18.5 Å². The van der Waals surface area contributed by atoms with Gasteiger partial charge in [-0.2, -0.15) is 0 Å². The molecule has 1 aliphatic heterocycles. The fraction of sp³-hybridized carbons (Fsp3) is 0.545. The second kappa shape index (κ2) is 2.81. The zero-order valence-electron chi connectivity index (χ0n) is 7.66. The minimum atomic E-state index is 0.733. The fourth-order valence-corrected chi connectivity index (χ4v) is 2.72. The molecule has 2 heteroatoms. The van der Waals surface area contributed by atoms with Crippen molar-refractivity contribution in [2.45, 2.75) is 18.8 Å². The van der Waals surface area contributed by atoms with Gasteiger partial charge in [-0.3, -0.25) is 4.98 Å². The summed E-state index contributed by atoms with van der Waals surface area (Å²) >= 11 is 0. The first-order valence-electron chi connectivity index (χ1n) is 5.07. The summed E-state index contributed by atoms with van der Waals surface area (Å²) in [7, 11) is 0. The second-order valence-corrected chi connectivity index (χ2v) is 4.24. The maximum absolute atomic E-state index is 4.22. The van der Waals surface area contributed by atoms with Crippen molar-refractivity contribution in [2.75, 3.05) is 13.1 Å². The molecule has 0 saturated carbocycles. The number of pyridine rings is 1. The minimum Gasteiger partial charge on any atom is -0.316 e. The van der Waals surface area contributed by atoms with E-state index in [1.807, 2.05) is 6.20 Å². The van der Waals surface area contributed by atoms with Crippen LogP contribution in [0.5, 0.6) is 0 Å². The lowest BCUT2D eigenvalue weighted by Crippen LogP contribution is -2.39. The third kappa shape index (κ3) is 1.17. The van der Waals surface area contributed by atoms with Gasteiger partial charge in [-0.05, 0) is 48.4 Å². The van der Waals surface area contributed by atoms with E-state index in [1.165, 1.54) is 30.5 Å². The number of piperidine rings is 1. The molecule has 1 aromatic rings. The van der Waals surface area contributed by atoms with Crippen LogP contribution in [0, 0.1) is 5.92 Å². The van der Waals surface area contributed by atoms with Gasteiger partial charge < -0.3 is 5.32 Å². The Morgan fingerprint density at radius 3 is 3.38 bits per heavy atom. The molecule has 1 aromatic heterocycles. The molecule has 0 spiro atoms. The summed E-state index contributed by atoms with van der Waals surface area (Å²) in [5, 5.41) is 3.50. The van der Waals surface area contributed by atoms with Crippen molar-refractivity contribution in [3.05, 3.63) is 29.6 Å². The van der Waals surface area contributed by atoms with Crippen molar-refractivity contribution >= 4 is 0 Å². The normalized spacial score (nSPS) is 31.1. The molecule has 2 aliphatic rings. The van der Waals surface area contributed by atoms with Crippen molar-refractivity contribution in [1.82, 2.24) is 10.3 Å². The Morgan fingerprint density at radius 2 is 2.38 bits per heavy atom. The third-order valence-electron chi connectivity index (χ3n) is 3.34. The van der Waals surface area contributed by atoms with E-state index in [0.29, 0.717) is 0 Å². The van der Waals surface area contributed by atoms with Gasteiger partial charge in [-0.15, -0.1) is 0 Å². The summed E-state index contributed by atoms with van der Waals surface area (Å²) in [5.74, 6) is 1.60. The first-order chi connectivity index (χ1) is 6.43. The number of nitrogens with one attached hydrogen (secondary N) is 1. The fourth-order valence-electron chi connectivity index (χ4n) is 2.72. The smallest absolute Gasteiger partial charge is 0.0305 e. The summed E-state index contributed by atoms with van der Waals surface area (Å²) in [5.41, 5.74) is 3.03. The molecule has 2 nitrogen and oxygen atoms in total. The number of aromatic nitrogens is 1. The van der Waals surface area contributed by atoms with E-state index in [2.05, 4.69) is 22.6 Å². The molecule has 2 unspecified atom stereocenters. The van der Waals surface area contributed by atoms with E-state index in [0.717, 1.165) is 18.4 Å². The van der Waals surface area contributed by atoms with Gasteiger partial charge in [0, 0.05) is 18.9 Å². The molecule has 2 bridgehead atoms. The third-order valence-corrected chi connectivity index (χ3v) is 3.34. The molecule has 0 aromatic carbocycles. The van der Waals surface area contributed by atoms with Crippen LogP contribution in [0.4, 0.5) is 0 Å². The molecule has 1 aliphatic carbocycles. The molecule has 2 atom stereocenters. The standard InChI is InChI=1S/C11H14N2/c1-2-12-7-11-9(1)3-8-4-10(11)6-13-5-8/h1-2,7-8,10,13H,3-6H2. The van der Waals surface area contributed by atoms with Gasteiger partial charge in [0.05, 0.1) is 0 Å². The van der Waals surface area contributed by atoms with Gasteiger partial charge >= 0.3 is 0 Å². The van der Waals surface area contributed by atoms with Crippen LogP contribution in [0.25, 0.3) is 0 Å². The average Bonchev–Trinajstić information content (AvgIpc) is 2.18. The molecule has 2 heterocycles. The summed E-state index contributed by atoms with van der Waals surface area (Å²) < 4.78 is 0. The van der Waals surface area contributed by atoms with E-state index in [9.17, 15) is 0 Å². The Kier molecular flexibility index (Phi) is 1.62.